The second-order valence-corrected chi connectivity index (χ2v) is 4.22. The molecule has 1 N–H and O–H groups in total. The highest BCUT2D eigenvalue weighted by molar-refractivity contribution is 6.03. The van der Waals surface area contributed by atoms with Crippen molar-refractivity contribution in [2.75, 3.05) is 16.8 Å². The minimum absolute atomic E-state index is 0.00714. The van der Waals surface area contributed by atoms with E-state index in [1.54, 1.807) is 0 Å². The maximum absolute atomic E-state index is 11.8. The second kappa shape index (κ2) is 2.95. The zero-order valence-electron chi connectivity index (χ0n) is 8.66. The smallest absolute Gasteiger partial charge is 0.247 e. The third kappa shape index (κ3) is 1.21. The van der Waals surface area contributed by atoms with Crippen LogP contribution in [0.15, 0.2) is 12.3 Å². The number of hydrogen-bond acceptors (Lipinski definition) is 3. The Labute approximate surface area is 88.3 Å². The summed E-state index contributed by atoms with van der Waals surface area (Å²) in [6, 6.07) is 1.99. The molecular formula is C11H13N3O. The molecule has 1 aromatic rings. The molecule has 1 aromatic heterocycles. The summed E-state index contributed by atoms with van der Waals surface area (Å²) in [7, 11) is 0. The number of anilines is 2. The quantitative estimate of drug-likeness (QED) is 0.691. The number of nitrogens with one attached hydrogen (secondary N) is 1. The highest BCUT2D eigenvalue weighted by Crippen LogP contribution is 2.34. The van der Waals surface area contributed by atoms with Crippen LogP contribution in [0.2, 0.25) is 0 Å². The van der Waals surface area contributed by atoms with Crippen LogP contribution in [0.25, 0.3) is 0 Å². The number of pyridine rings is 1. The fraction of sp³-hybridized carbons (Fsp3) is 0.455. The van der Waals surface area contributed by atoms with Crippen molar-refractivity contribution in [2.24, 2.45) is 0 Å². The van der Waals surface area contributed by atoms with Gasteiger partial charge in [-0.05, 0) is 31.4 Å². The number of nitrogens with zero attached hydrogens (tertiary/aromatic N) is 2. The zero-order valence-corrected chi connectivity index (χ0v) is 8.66. The number of aryl methyl sites for hydroxylation is 1. The Bertz CT molecular complexity index is 430. The molecule has 1 atom stereocenters. The van der Waals surface area contributed by atoms with Crippen molar-refractivity contribution in [3.05, 3.63) is 17.8 Å². The molecule has 1 fully saturated rings. The number of hydrogen-bond donors (Lipinski definition) is 1. The van der Waals surface area contributed by atoms with Gasteiger partial charge in [0.1, 0.15) is 6.04 Å². The van der Waals surface area contributed by atoms with E-state index in [2.05, 4.69) is 15.2 Å². The number of amides is 1. The SMILES string of the molecule is Cc1cnc2c(c1)NC(=O)C1CCCN21. The van der Waals surface area contributed by atoms with Crippen LogP contribution in [0.5, 0.6) is 0 Å². The van der Waals surface area contributed by atoms with Gasteiger partial charge in [0.25, 0.3) is 0 Å². The summed E-state index contributed by atoms with van der Waals surface area (Å²) in [5, 5.41) is 2.93. The van der Waals surface area contributed by atoms with Gasteiger partial charge < -0.3 is 10.2 Å². The van der Waals surface area contributed by atoms with E-state index in [1.807, 2.05) is 19.2 Å². The summed E-state index contributed by atoms with van der Waals surface area (Å²) in [5.41, 5.74) is 1.94. The first-order chi connectivity index (χ1) is 7.25. The lowest BCUT2D eigenvalue weighted by molar-refractivity contribution is -0.117. The molecule has 1 saturated heterocycles. The van der Waals surface area contributed by atoms with Crippen molar-refractivity contribution >= 4 is 17.4 Å². The topological polar surface area (TPSA) is 45.2 Å². The van der Waals surface area contributed by atoms with Crippen molar-refractivity contribution in [2.45, 2.75) is 25.8 Å². The van der Waals surface area contributed by atoms with Crippen LogP contribution in [0.3, 0.4) is 0 Å². The van der Waals surface area contributed by atoms with Crippen LogP contribution < -0.4 is 10.2 Å². The Morgan fingerprint density at radius 1 is 1.60 bits per heavy atom. The standard InChI is InChI=1S/C11H13N3O/c1-7-5-8-10(12-6-7)14-4-2-3-9(14)11(15)13-8/h5-6,9H,2-4H2,1H3,(H,13,15). The molecule has 15 heavy (non-hydrogen) atoms. The summed E-state index contributed by atoms with van der Waals surface area (Å²) >= 11 is 0. The van der Waals surface area contributed by atoms with E-state index in [0.717, 1.165) is 36.5 Å². The lowest BCUT2D eigenvalue weighted by atomic mass is 10.1. The van der Waals surface area contributed by atoms with Gasteiger partial charge in [0.2, 0.25) is 5.91 Å². The molecule has 78 valence electrons. The Hall–Kier alpha value is -1.58. The van der Waals surface area contributed by atoms with Crippen LogP contribution >= 0.6 is 0 Å². The number of fused-ring (bicyclic) bond motifs is 3. The van der Waals surface area contributed by atoms with Crippen molar-refractivity contribution in [1.82, 2.24) is 4.98 Å². The summed E-state index contributed by atoms with van der Waals surface area (Å²) in [6.07, 6.45) is 3.87. The minimum atomic E-state index is 0.00714. The van der Waals surface area contributed by atoms with E-state index in [-0.39, 0.29) is 11.9 Å². The first-order valence-corrected chi connectivity index (χ1v) is 5.30. The first kappa shape index (κ1) is 8.71. The average molecular weight is 203 g/mol. The third-order valence-corrected chi connectivity index (χ3v) is 3.09. The van der Waals surface area contributed by atoms with Crippen LogP contribution in [0, 0.1) is 6.92 Å². The molecular weight excluding hydrogens is 190 g/mol. The van der Waals surface area contributed by atoms with Gasteiger partial charge in [-0.3, -0.25) is 4.79 Å². The Balaban J connectivity index is 2.11. The molecule has 1 unspecified atom stereocenters. The summed E-state index contributed by atoms with van der Waals surface area (Å²) in [6.45, 7) is 2.93. The molecule has 2 aliphatic heterocycles. The van der Waals surface area contributed by atoms with E-state index in [1.165, 1.54) is 0 Å². The summed E-state index contributed by atoms with van der Waals surface area (Å²) in [5.74, 6) is 1.05. The van der Waals surface area contributed by atoms with Gasteiger partial charge in [0.15, 0.2) is 5.82 Å². The van der Waals surface area contributed by atoms with Gasteiger partial charge in [-0.25, -0.2) is 4.98 Å². The molecule has 2 aliphatic rings. The first-order valence-electron chi connectivity index (χ1n) is 5.30. The second-order valence-electron chi connectivity index (χ2n) is 4.22. The molecule has 0 aromatic carbocycles. The molecule has 0 aliphatic carbocycles. The van der Waals surface area contributed by atoms with Crippen molar-refractivity contribution in [1.29, 1.82) is 0 Å². The van der Waals surface area contributed by atoms with Crippen molar-refractivity contribution < 1.29 is 4.79 Å². The van der Waals surface area contributed by atoms with Gasteiger partial charge >= 0.3 is 0 Å². The number of rotatable bonds is 0. The summed E-state index contributed by atoms with van der Waals surface area (Å²) < 4.78 is 0. The van der Waals surface area contributed by atoms with Gasteiger partial charge in [-0.1, -0.05) is 0 Å². The maximum atomic E-state index is 11.8. The Morgan fingerprint density at radius 3 is 3.33 bits per heavy atom. The maximum Gasteiger partial charge on any atom is 0.247 e. The van der Waals surface area contributed by atoms with Gasteiger partial charge in [-0.2, -0.15) is 0 Å². The molecule has 0 bridgehead atoms. The molecule has 0 spiro atoms. The van der Waals surface area contributed by atoms with Crippen LogP contribution in [-0.4, -0.2) is 23.5 Å². The molecule has 0 radical (unpaired) electrons. The predicted molar refractivity (Wildman–Crippen MR) is 58.0 cm³/mol. The molecule has 1 amide bonds. The number of aromatic nitrogens is 1. The number of carbonyl (C=O) groups excluding carboxylic acids is 1. The van der Waals surface area contributed by atoms with E-state index in [4.69, 9.17) is 0 Å². The fourth-order valence-electron chi connectivity index (χ4n) is 2.39. The Kier molecular flexibility index (Phi) is 1.71. The summed E-state index contributed by atoms with van der Waals surface area (Å²) in [4.78, 5) is 18.3. The van der Waals surface area contributed by atoms with E-state index < -0.39 is 0 Å². The molecule has 4 nitrogen and oxygen atoms in total. The predicted octanol–water partition coefficient (Wildman–Crippen LogP) is 1.31. The van der Waals surface area contributed by atoms with Crippen molar-refractivity contribution in [3.63, 3.8) is 0 Å². The third-order valence-electron chi connectivity index (χ3n) is 3.09. The van der Waals surface area contributed by atoms with E-state index in [0.29, 0.717) is 0 Å². The van der Waals surface area contributed by atoms with Crippen LogP contribution in [0.4, 0.5) is 11.5 Å². The minimum Gasteiger partial charge on any atom is -0.343 e. The zero-order chi connectivity index (χ0) is 10.4. The number of carbonyl (C=O) groups is 1. The monoisotopic (exact) mass is 203 g/mol. The molecule has 3 rings (SSSR count). The van der Waals surface area contributed by atoms with Gasteiger partial charge in [0.05, 0.1) is 5.69 Å². The lowest BCUT2D eigenvalue weighted by Gasteiger charge is -2.31. The fourth-order valence-corrected chi connectivity index (χ4v) is 2.39. The molecule has 3 heterocycles. The van der Waals surface area contributed by atoms with Crippen LogP contribution in [-0.2, 0) is 4.79 Å². The highest BCUT2D eigenvalue weighted by atomic mass is 16.2. The van der Waals surface area contributed by atoms with Crippen molar-refractivity contribution in [3.8, 4) is 0 Å². The van der Waals surface area contributed by atoms with Gasteiger partial charge in [0, 0.05) is 12.7 Å². The largest absolute Gasteiger partial charge is 0.343 e. The lowest BCUT2D eigenvalue weighted by Crippen LogP contribution is -2.44. The Morgan fingerprint density at radius 2 is 2.47 bits per heavy atom. The highest BCUT2D eigenvalue weighted by Gasteiger charge is 2.36. The normalized spacial score (nSPS) is 23.4. The van der Waals surface area contributed by atoms with Crippen LogP contribution in [0.1, 0.15) is 18.4 Å². The molecule has 4 heteroatoms. The molecule has 0 saturated carbocycles. The van der Waals surface area contributed by atoms with Gasteiger partial charge in [-0.15, -0.1) is 0 Å². The van der Waals surface area contributed by atoms with E-state index >= 15 is 0 Å². The van der Waals surface area contributed by atoms with E-state index in [9.17, 15) is 4.79 Å². The average Bonchev–Trinajstić information content (AvgIpc) is 2.66.